The molecular formula is C6H10N2S. The van der Waals surface area contributed by atoms with Gasteiger partial charge in [-0.05, 0) is 6.26 Å². The van der Waals surface area contributed by atoms with Gasteiger partial charge in [0.25, 0.3) is 0 Å². The predicted octanol–water partition coefficient (Wildman–Crippen LogP) is 1.36. The number of hydrogen-bond acceptors (Lipinski definition) is 3. The second-order valence-electron chi connectivity index (χ2n) is 1.37. The quantitative estimate of drug-likeness (QED) is 0.461. The maximum absolute atomic E-state index is 6.85. The summed E-state index contributed by atoms with van der Waals surface area (Å²) in [5.74, 6) is 0. The van der Waals surface area contributed by atoms with Crippen molar-refractivity contribution in [1.29, 1.82) is 5.41 Å². The molecule has 0 radical (unpaired) electrons. The Morgan fingerprint density at radius 1 is 1.78 bits per heavy atom. The lowest BCUT2D eigenvalue weighted by Crippen LogP contribution is -1.96. The highest BCUT2D eigenvalue weighted by Crippen LogP contribution is 2.08. The lowest BCUT2D eigenvalue weighted by atomic mass is 10.3. The van der Waals surface area contributed by atoms with E-state index in [-0.39, 0.29) is 0 Å². The van der Waals surface area contributed by atoms with Crippen LogP contribution in [-0.4, -0.2) is 12.5 Å². The average Bonchev–Trinajstić information content (AvgIpc) is 1.90. The summed E-state index contributed by atoms with van der Waals surface area (Å²) in [6.07, 6.45) is 4.62. The van der Waals surface area contributed by atoms with Crippen molar-refractivity contribution in [3.63, 3.8) is 0 Å². The van der Waals surface area contributed by atoms with Gasteiger partial charge < -0.3 is 11.1 Å². The second kappa shape index (κ2) is 4.21. The fourth-order valence-corrected chi connectivity index (χ4v) is 0.726. The van der Waals surface area contributed by atoms with Crippen LogP contribution in [0.4, 0.5) is 0 Å². The molecule has 0 aliphatic heterocycles. The van der Waals surface area contributed by atoms with Crippen molar-refractivity contribution in [2.24, 2.45) is 5.73 Å². The zero-order valence-corrected chi connectivity index (χ0v) is 6.16. The summed E-state index contributed by atoms with van der Waals surface area (Å²) in [6.45, 7) is 3.50. The summed E-state index contributed by atoms with van der Waals surface area (Å²) < 4.78 is 0. The van der Waals surface area contributed by atoms with E-state index in [0.29, 0.717) is 10.6 Å². The van der Waals surface area contributed by atoms with Crippen LogP contribution in [0.5, 0.6) is 0 Å². The molecule has 0 rings (SSSR count). The Morgan fingerprint density at radius 3 is 2.44 bits per heavy atom. The lowest BCUT2D eigenvalue weighted by molar-refractivity contribution is 1.48. The van der Waals surface area contributed by atoms with E-state index in [0.717, 1.165) is 0 Å². The molecule has 3 heteroatoms. The van der Waals surface area contributed by atoms with Crippen LogP contribution >= 0.6 is 11.8 Å². The molecule has 0 saturated carbocycles. The summed E-state index contributed by atoms with van der Waals surface area (Å²) in [6, 6.07) is 0. The Bertz CT molecular complexity index is 139. The van der Waals surface area contributed by atoms with Crippen LogP contribution in [0.2, 0.25) is 0 Å². The third-order valence-corrected chi connectivity index (χ3v) is 1.56. The summed E-state index contributed by atoms with van der Waals surface area (Å²) >= 11 is 1.42. The van der Waals surface area contributed by atoms with Crippen molar-refractivity contribution in [3.05, 3.63) is 23.3 Å². The Kier molecular flexibility index (Phi) is 3.88. The number of hydrogen-bond donors (Lipinski definition) is 2. The van der Waals surface area contributed by atoms with Crippen molar-refractivity contribution in [2.45, 2.75) is 0 Å². The van der Waals surface area contributed by atoms with Crippen molar-refractivity contribution < 1.29 is 0 Å². The van der Waals surface area contributed by atoms with Crippen molar-refractivity contribution >= 4 is 18.0 Å². The SMILES string of the molecule is C=CC(C=N)=C(N)SC. The number of thioether (sulfide) groups is 1. The van der Waals surface area contributed by atoms with E-state index in [4.69, 9.17) is 11.1 Å². The molecule has 0 fully saturated rings. The van der Waals surface area contributed by atoms with Gasteiger partial charge >= 0.3 is 0 Å². The van der Waals surface area contributed by atoms with Gasteiger partial charge in [0.15, 0.2) is 0 Å². The first-order valence-corrected chi connectivity index (χ1v) is 3.65. The molecule has 9 heavy (non-hydrogen) atoms. The molecule has 0 unspecified atom stereocenters. The predicted molar refractivity (Wildman–Crippen MR) is 43.7 cm³/mol. The second-order valence-corrected chi connectivity index (χ2v) is 2.22. The van der Waals surface area contributed by atoms with Gasteiger partial charge in [-0.15, -0.1) is 11.8 Å². The zero-order valence-electron chi connectivity index (χ0n) is 5.35. The Balaban J connectivity index is 4.36. The zero-order chi connectivity index (χ0) is 7.28. The van der Waals surface area contributed by atoms with Crippen molar-refractivity contribution in [2.75, 3.05) is 6.26 Å². The fraction of sp³-hybridized carbons (Fsp3) is 0.167. The van der Waals surface area contributed by atoms with E-state index < -0.39 is 0 Å². The smallest absolute Gasteiger partial charge is 0.0741 e. The maximum atomic E-state index is 6.85. The summed E-state index contributed by atoms with van der Waals surface area (Å²) in [7, 11) is 0. The highest BCUT2D eigenvalue weighted by molar-refractivity contribution is 8.02. The van der Waals surface area contributed by atoms with Gasteiger partial charge in [-0.3, -0.25) is 0 Å². The molecule has 0 saturated heterocycles. The van der Waals surface area contributed by atoms with Gasteiger partial charge in [-0.2, -0.15) is 0 Å². The van der Waals surface area contributed by atoms with Gasteiger partial charge in [0.05, 0.1) is 5.03 Å². The van der Waals surface area contributed by atoms with Crippen LogP contribution in [0.1, 0.15) is 0 Å². The Hall–Kier alpha value is -0.700. The normalized spacial score (nSPS) is 12.1. The Labute approximate surface area is 59.3 Å². The molecule has 0 aliphatic carbocycles. The third-order valence-electron chi connectivity index (χ3n) is 0.880. The van der Waals surface area contributed by atoms with E-state index >= 15 is 0 Å². The molecule has 0 aromatic rings. The van der Waals surface area contributed by atoms with Gasteiger partial charge in [0.2, 0.25) is 0 Å². The minimum absolute atomic E-state index is 0.639. The van der Waals surface area contributed by atoms with Crippen LogP contribution in [-0.2, 0) is 0 Å². The molecule has 2 nitrogen and oxygen atoms in total. The number of allylic oxidation sites excluding steroid dienone is 2. The highest BCUT2D eigenvalue weighted by Gasteiger charge is 1.91. The van der Waals surface area contributed by atoms with E-state index in [1.165, 1.54) is 18.0 Å². The standard InChI is InChI=1S/C6H10N2S/c1-3-5(4-7)6(8)9-2/h3-4,7H,1,8H2,2H3. The topological polar surface area (TPSA) is 49.9 Å². The minimum Gasteiger partial charge on any atom is -0.393 e. The highest BCUT2D eigenvalue weighted by atomic mass is 32.2. The minimum atomic E-state index is 0.639. The number of nitrogens with one attached hydrogen (secondary N) is 1. The molecule has 0 heterocycles. The first-order valence-electron chi connectivity index (χ1n) is 2.43. The lowest BCUT2D eigenvalue weighted by Gasteiger charge is -1.96. The monoisotopic (exact) mass is 142 g/mol. The van der Waals surface area contributed by atoms with Crippen LogP contribution in [0, 0.1) is 5.41 Å². The molecular weight excluding hydrogens is 132 g/mol. The number of nitrogens with two attached hydrogens (primary N) is 1. The van der Waals surface area contributed by atoms with Crippen molar-refractivity contribution in [3.8, 4) is 0 Å². The van der Waals surface area contributed by atoms with E-state index in [2.05, 4.69) is 6.58 Å². The van der Waals surface area contributed by atoms with E-state index in [1.54, 1.807) is 6.08 Å². The fourth-order valence-electron chi connectivity index (χ4n) is 0.348. The average molecular weight is 142 g/mol. The summed E-state index contributed by atoms with van der Waals surface area (Å²) in [5.41, 5.74) is 6.14. The molecule has 0 aliphatic rings. The molecule has 0 aromatic heterocycles. The van der Waals surface area contributed by atoms with Crippen LogP contribution < -0.4 is 5.73 Å². The van der Waals surface area contributed by atoms with Gasteiger partial charge in [-0.25, -0.2) is 0 Å². The molecule has 0 amide bonds. The summed E-state index contributed by atoms with van der Waals surface area (Å²) in [5, 5.41) is 7.49. The van der Waals surface area contributed by atoms with E-state index in [9.17, 15) is 0 Å². The molecule has 50 valence electrons. The molecule has 0 spiro atoms. The van der Waals surface area contributed by atoms with Gasteiger partial charge in [0, 0.05) is 11.8 Å². The molecule has 3 N–H and O–H groups in total. The first-order chi connectivity index (χ1) is 4.26. The third kappa shape index (κ3) is 2.37. The molecule has 0 aromatic carbocycles. The largest absolute Gasteiger partial charge is 0.393 e. The summed E-state index contributed by atoms with van der Waals surface area (Å²) in [4.78, 5) is 0. The first kappa shape index (κ1) is 8.30. The van der Waals surface area contributed by atoms with Crippen LogP contribution in [0.15, 0.2) is 23.3 Å². The molecule has 0 atom stereocenters. The van der Waals surface area contributed by atoms with Crippen molar-refractivity contribution in [1.82, 2.24) is 0 Å². The van der Waals surface area contributed by atoms with Gasteiger partial charge in [-0.1, -0.05) is 12.7 Å². The van der Waals surface area contributed by atoms with Crippen LogP contribution in [0.25, 0.3) is 0 Å². The van der Waals surface area contributed by atoms with E-state index in [1.807, 2.05) is 6.26 Å². The molecule has 0 bridgehead atoms. The van der Waals surface area contributed by atoms with Crippen LogP contribution in [0.3, 0.4) is 0 Å². The number of rotatable bonds is 3. The maximum Gasteiger partial charge on any atom is 0.0741 e. The van der Waals surface area contributed by atoms with Gasteiger partial charge in [0.1, 0.15) is 0 Å². The Morgan fingerprint density at radius 2 is 2.33 bits per heavy atom.